The molecule has 0 saturated carbocycles. The summed E-state index contributed by atoms with van der Waals surface area (Å²) in [6.07, 6.45) is -2.67. The van der Waals surface area contributed by atoms with Gasteiger partial charge in [-0.1, -0.05) is 12.1 Å². The lowest BCUT2D eigenvalue weighted by molar-refractivity contribution is -0.137. The van der Waals surface area contributed by atoms with E-state index >= 15 is 0 Å². The minimum absolute atomic E-state index is 0.266. The number of hydrogen-bond acceptors (Lipinski definition) is 4. The van der Waals surface area contributed by atoms with Gasteiger partial charge < -0.3 is 24.4 Å². The molecule has 2 fully saturated rings. The van der Waals surface area contributed by atoms with Crippen LogP contribution >= 0.6 is 12.2 Å². The van der Waals surface area contributed by atoms with Crippen molar-refractivity contribution in [3.63, 3.8) is 0 Å². The fraction of sp³-hybridized carbons (Fsp3) is 0.290. The number of ether oxygens (including phenoxy) is 1. The summed E-state index contributed by atoms with van der Waals surface area (Å²) in [4.78, 5) is 9.02. The molecule has 1 N–H and O–H groups in total. The van der Waals surface area contributed by atoms with E-state index in [0.29, 0.717) is 24.0 Å². The third kappa shape index (κ3) is 5.17. The zero-order valence-electron chi connectivity index (χ0n) is 22.7. The van der Waals surface area contributed by atoms with E-state index in [9.17, 15) is 13.2 Å². The number of rotatable bonds is 5. The third-order valence-corrected chi connectivity index (χ3v) is 8.14. The maximum absolute atomic E-state index is 13.5. The van der Waals surface area contributed by atoms with Crippen molar-refractivity contribution < 1.29 is 17.9 Å². The van der Waals surface area contributed by atoms with Crippen molar-refractivity contribution in [1.82, 2.24) is 14.9 Å². The van der Waals surface area contributed by atoms with Crippen LogP contribution in [0, 0.1) is 13.8 Å². The predicted octanol–water partition coefficient (Wildman–Crippen LogP) is 6.52. The van der Waals surface area contributed by atoms with Gasteiger partial charge in [-0.15, -0.1) is 0 Å². The van der Waals surface area contributed by atoms with Crippen molar-refractivity contribution in [3.8, 4) is 5.69 Å². The predicted molar refractivity (Wildman–Crippen MR) is 158 cm³/mol. The molecule has 0 amide bonds. The van der Waals surface area contributed by atoms with Crippen LogP contribution in [0.15, 0.2) is 79.0 Å². The number of aromatic nitrogens is 2. The maximum Gasteiger partial charge on any atom is 0.416 e. The molecule has 2 aliphatic rings. The highest BCUT2D eigenvalue weighted by Gasteiger charge is 2.42. The molecule has 4 heterocycles. The standard InChI is InChI=1S/C31H30F3N5OS/c1-20-18-26(21(2)38(20)25-7-5-6-22(19-25)31(32,33)34)29-28(27-8-3-4-13-35-27)36-30(41)39(29)24-11-9-23(10-12-24)37-14-16-40-17-15-37/h3-13,18-19,28-29H,14-17H2,1-2H3,(H,36,41)/t28-,29+/m1/s1. The topological polar surface area (TPSA) is 45.6 Å². The summed E-state index contributed by atoms with van der Waals surface area (Å²) in [5, 5.41) is 4.04. The quantitative estimate of drug-likeness (QED) is 0.273. The monoisotopic (exact) mass is 577 g/mol. The Morgan fingerprint density at radius 2 is 1.63 bits per heavy atom. The molecule has 0 unspecified atom stereocenters. The fourth-order valence-corrected chi connectivity index (χ4v) is 6.25. The second kappa shape index (κ2) is 10.8. The van der Waals surface area contributed by atoms with Gasteiger partial charge in [-0.3, -0.25) is 4.98 Å². The van der Waals surface area contributed by atoms with Crippen molar-refractivity contribution in [1.29, 1.82) is 0 Å². The van der Waals surface area contributed by atoms with E-state index in [0.717, 1.165) is 53.2 Å². The molecular weight excluding hydrogens is 547 g/mol. The maximum atomic E-state index is 13.5. The molecule has 0 aliphatic carbocycles. The van der Waals surface area contributed by atoms with E-state index in [4.69, 9.17) is 17.0 Å². The molecular formula is C31H30F3N5OS. The lowest BCUT2D eigenvalue weighted by Crippen LogP contribution is -2.36. The van der Waals surface area contributed by atoms with E-state index in [2.05, 4.69) is 44.4 Å². The van der Waals surface area contributed by atoms with Crippen LogP contribution in [0.5, 0.6) is 0 Å². The Morgan fingerprint density at radius 1 is 0.902 bits per heavy atom. The van der Waals surface area contributed by atoms with Crippen LogP contribution in [0.1, 0.15) is 40.3 Å². The summed E-state index contributed by atoms with van der Waals surface area (Å²) in [6.45, 7) is 6.95. The zero-order valence-corrected chi connectivity index (χ0v) is 23.5. The number of anilines is 2. The Morgan fingerprint density at radius 3 is 2.32 bits per heavy atom. The third-order valence-electron chi connectivity index (χ3n) is 7.82. The van der Waals surface area contributed by atoms with Gasteiger partial charge in [0.15, 0.2) is 5.11 Å². The first-order chi connectivity index (χ1) is 19.7. The summed E-state index contributed by atoms with van der Waals surface area (Å²) in [6, 6.07) is 21.0. The number of pyridine rings is 1. The number of alkyl halides is 3. The van der Waals surface area contributed by atoms with Gasteiger partial charge in [-0.05, 0) is 92.3 Å². The highest BCUT2D eigenvalue weighted by molar-refractivity contribution is 7.80. The summed E-state index contributed by atoms with van der Waals surface area (Å²) >= 11 is 5.90. The van der Waals surface area contributed by atoms with Crippen LogP contribution in [0.4, 0.5) is 24.5 Å². The van der Waals surface area contributed by atoms with Gasteiger partial charge in [-0.2, -0.15) is 13.2 Å². The highest BCUT2D eigenvalue weighted by Crippen LogP contribution is 2.44. The van der Waals surface area contributed by atoms with Crippen molar-refractivity contribution >= 4 is 28.7 Å². The van der Waals surface area contributed by atoms with Crippen molar-refractivity contribution in [3.05, 3.63) is 107 Å². The van der Waals surface area contributed by atoms with Crippen molar-refractivity contribution in [2.45, 2.75) is 32.1 Å². The molecule has 6 nitrogen and oxygen atoms in total. The van der Waals surface area contributed by atoms with Crippen molar-refractivity contribution in [2.24, 2.45) is 0 Å². The van der Waals surface area contributed by atoms with Gasteiger partial charge in [0.2, 0.25) is 0 Å². The Hall–Kier alpha value is -3.89. The molecule has 41 heavy (non-hydrogen) atoms. The largest absolute Gasteiger partial charge is 0.416 e. The minimum Gasteiger partial charge on any atom is -0.378 e. The van der Waals surface area contributed by atoms with Crippen LogP contribution in [0.3, 0.4) is 0 Å². The number of hydrogen-bond donors (Lipinski definition) is 1. The molecule has 4 aromatic rings. The first-order valence-corrected chi connectivity index (χ1v) is 13.9. The average Bonchev–Trinajstić information content (AvgIpc) is 3.48. The number of morpholine rings is 1. The van der Waals surface area contributed by atoms with Gasteiger partial charge >= 0.3 is 6.18 Å². The Balaban J connectivity index is 1.43. The van der Waals surface area contributed by atoms with Crippen molar-refractivity contribution in [2.75, 3.05) is 36.1 Å². The molecule has 2 saturated heterocycles. The minimum atomic E-state index is -4.43. The number of nitrogens with one attached hydrogen (secondary N) is 1. The number of aryl methyl sites for hydroxylation is 1. The van der Waals surface area contributed by atoms with Crippen LogP contribution in [0.2, 0.25) is 0 Å². The zero-order chi connectivity index (χ0) is 28.7. The second-order valence-corrected chi connectivity index (χ2v) is 10.7. The number of nitrogens with zero attached hydrogens (tertiary/aromatic N) is 4. The Kier molecular flexibility index (Phi) is 7.21. The summed E-state index contributed by atoms with van der Waals surface area (Å²) < 4.78 is 48.0. The van der Waals surface area contributed by atoms with Gasteiger partial charge in [-0.25, -0.2) is 0 Å². The van der Waals surface area contributed by atoms with Gasteiger partial charge in [0.1, 0.15) is 0 Å². The normalized spacial score (nSPS) is 19.5. The number of thiocarbonyl (C=S) groups is 1. The van der Waals surface area contributed by atoms with Crippen LogP contribution < -0.4 is 15.1 Å². The molecule has 6 rings (SSSR count). The van der Waals surface area contributed by atoms with Crippen LogP contribution in [-0.2, 0) is 10.9 Å². The SMILES string of the molecule is Cc1cc([C@H]2[C@@H](c3ccccn3)NC(=S)N2c2ccc(N3CCOCC3)cc2)c(C)n1-c1cccc(C(F)(F)F)c1. The Labute approximate surface area is 242 Å². The van der Waals surface area contributed by atoms with Gasteiger partial charge in [0.25, 0.3) is 0 Å². The van der Waals surface area contributed by atoms with E-state index in [1.165, 1.54) is 12.1 Å². The summed E-state index contributed by atoms with van der Waals surface area (Å²) in [7, 11) is 0. The summed E-state index contributed by atoms with van der Waals surface area (Å²) in [5.41, 5.74) is 5.29. The lowest BCUT2D eigenvalue weighted by atomic mass is 9.96. The van der Waals surface area contributed by atoms with E-state index < -0.39 is 11.7 Å². The smallest absolute Gasteiger partial charge is 0.378 e. The van der Waals surface area contributed by atoms with E-state index in [-0.39, 0.29) is 12.1 Å². The fourth-order valence-electron chi connectivity index (χ4n) is 5.90. The molecule has 0 bridgehead atoms. The molecule has 2 atom stereocenters. The molecule has 212 valence electrons. The number of halogens is 3. The molecule has 0 spiro atoms. The lowest BCUT2D eigenvalue weighted by Gasteiger charge is -2.31. The highest BCUT2D eigenvalue weighted by atomic mass is 32.1. The average molecular weight is 578 g/mol. The van der Waals surface area contributed by atoms with E-state index in [1.54, 1.807) is 12.3 Å². The van der Waals surface area contributed by atoms with Crippen LogP contribution in [0.25, 0.3) is 5.69 Å². The van der Waals surface area contributed by atoms with Crippen LogP contribution in [-0.4, -0.2) is 41.0 Å². The Bertz CT molecular complexity index is 1550. The second-order valence-electron chi connectivity index (χ2n) is 10.3. The molecule has 2 aromatic carbocycles. The first-order valence-electron chi connectivity index (χ1n) is 13.5. The van der Waals surface area contributed by atoms with Gasteiger partial charge in [0.05, 0.1) is 36.6 Å². The molecule has 10 heteroatoms. The number of benzene rings is 2. The first kappa shape index (κ1) is 27.3. The molecule has 0 radical (unpaired) electrons. The molecule has 2 aliphatic heterocycles. The van der Waals surface area contributed by atoms with Gasteiger partial charge in [0, 0.05) is 47.7 Å². The summed E-state index contributed by atoms with van der Waals surface area (Å²) in [5.74, 6) is 0. The van der Waals surface area contributed by atoms with E-state index in [1.807, 2.05) is 42.7 Å². The molecule has 2 aromatic heterocycles.